The van der Waals surface area contributed by atoms with E-state index in [0.717, 1.165) is 0 Å². The molecule has 0 radical (unpaired) electrons. The molecule has 4 nitrogen and oxygen atoms in total. The zero-order valence-corrected chi connectivity index (χ0v) is 14.2. The minimum Gasteiger partial charge on any atom is -0.350 e. The van der Waals surface area contributed by atoms with Crippen LogP contribution in [0.1, 0.15) is 34.6 Å². The van der Waals surface area contributed by atoms with E-state index in [1.807, 2.05) is 13.8 Å². The summed E-state index contributed by atoms with van der Waals surface area (Å²) in [5.41, 5.74) is 1.09. The van der Waals surface area contributed by atoms with Gasteiger partial charge >= 0.3 is 0 Å². The number of anilines is 1. The Bertz CT molecular complexity index is 745. The summed E-state index contributed by atoms with van der Waals surface area (Å²) in [6, 6.07) is 11.3. The van der Waals surface area contributed by atoms with Crippen molar-refractivity contribution in [2.45, 2.75) is 19.9 Å². The third-order valence-electron chi connectivity index (χ3n) is 2.98. The van der Waals surface area contributed by atoms with E-state index in [4.69, 9.17) is 23.2 Å². The highest BCUT2D eigenvalue weighted by atomic mass is 35.5. The van der Waals surface area contributed by atoms with Crippen LogP contribution in [0.2, 0.25) is 10.0 Å². The second kappa shape index (κ2) is 7.49. The van der Waals surface area contributed by atoms with Gasteiger partial charge in [0.25, 0.3) is 11.8 Å². The molecule has 0 unspecified atom stereocenters. The molecule has 2 amide bonds. The average molecular weight is 351 g/mol. The lowest BCUT2D eigenvalue weighted by Crippen LogP contribution is -2.31. The molecule has 0 heterocycles. The fourth-order valence-corrected chi connectivity index (χ4v) is 2.34. The van der Waals surface area contributed by atoms with Crippen molar-refractivity contribution in [3.05, 3.63) is 63.6 Å². The van der Waals surface area contributed by atoms with E-state index in [0.29, 0.717) is 26.9 Å². The van der Waals surface area contributed by atoms with Crippen molar-refractivity contribution < 1.29 is 9.59 Å². The third kappa shape index (κ3) is 4.71. The van der Waals surface area contributed by atoms with Gasteiger partial charge in [-0.3, -0.25) is 9.59 Å². The number of carbonyl (C=O) groups excluding carboxylic acids is 2. The molecule has 0 aliphatic heterocycles. The number of hydrogen-bond acceptors (Lipinski definition) is 2. The van der Waals surface area contributed by atoms with Crippen LogP contribution in [0, 0.1) is 0 Å². The maximum absolute atomic E-state index is 12.3. The van der Waals surface area contributed by atoms with Gasteiger partial charge in [0.2, 0.25) is 0 Å². The largest absolute Gasteiger partial charge is 0.350 e. The molecule has 2 aromatic rings. The summed E-state index contributed by atoms with van der Waals surface area (Å²) < 4.78 is 0. The van der Waals surface area contributed by atoms with Crippen molar-refractivity contribution in [2.75, 3.05) is 5.32 Å². The molecule has 0 saturated carbocycles. The molecule has 2 rings (SSSR count). The van der Waals surface area contributed by atoms with Crippen LogP contribution in [-0.2, 0) is 0 Å². The van der Waals surface area contributed by atoms with E-state index in [-0.39, 0.29) is 17.9 Å². The number of halogens is 2. The molecule has 0 fully saturated rings. The van der Waals surface area contributed by atoms with Crippen LogP contribution >= 0.6 is 23.2 Å². The first-order valence-electron chi connectivity index (χ1n) is 7.04. The van der Waals surface area contributed by atoms with E-state index in [1.54, 1.807) is 42.5 Å². The van der Waals surface area contributed by atoms with Crippen LogP contribution in [0.15, 0.2) is 42.5 Å². The van der Waals surface area contributed by atoms with Gasteiger partial charge in [0.15, 0.2) is 0 Å². The molecule has 23 heavy (non-hydrogen) atoms. The lowest BCUT2D eigenvalue weighted by molar-refractivity contribution is 0.0944. The molecular weight excluding hydrogens is 335 g/mol. The molecule has 2 aromatic carbocycles. The summed E-state index contributed by atoms with van der Waals surface area (Å²) >= 11 is 11.9. The van der Waals surface area contributed by atoms with Crippen molar-refractivity contribution >= 4 is 40.7 Å². The number of benzene rings is 2. The molecule has 0 spiro atoms. The predicted molar refractivity (Wildman–Crippen MR) is 93.5 cm³/mol. The Labute approximate surface area is 144 Å². The molecule has 120 valence electrons. The topological polar surface area (TPSA) is 58.2 Å². The second-order valence-corrected chi connectivity index (χ2v) is 6.16. The molecule has 0 saturated heterocycles. The molecular formula is C17H16Cl2N2O2. The number of nitrogens with one attached hydrogen (secondary N) is 2. The Hall–Kier alpha value is -2.04. The van der Waals surface area contributed by atoms with Gasteiger partial charge in [-0.15, -0.1) is 0 Å². The lowest BCUT2D eigenvalue weighted by Gasteiger charge is -2.13. The van der Waals surface area contributed by atoms with Crippen LogP contribution in [0.5, 0.6) is 0 Å². The average Bonchev–Trinajstić information content (AvgIpc) is 2.46. The van der Waals surface area contributed by atoms with Crippen LogP contribution in [-0.4, -0.2) is 17.9 Å². The highest BCUT2D eigenvalue weighted by Crippen LogP contribution is 2.22. The van der Waals surface area contributed by atoms with Crippen LogP contribution < -0.4 is 10.6 Å². The highest BCUT2D eigenvalue weighted by molar-refractivity contribution is 6.31. The summed E-state index contributed by atoms with van der Waals surface area (Å²) in [7, 11) is 0. The zero-order chi connectivity index (χ0) is 17.0. The van der Waals surface area contributed by atoms with Crippen molar-refractivity contribution in [3.8, 4) is 0 Å². The quantitative estimate of drug-likeness (QED) is 0.859. The lowest BCUT2D eigenvalue weighted by atomic mass is 10.1. The molecule has 0 aliphatic rings. The van der Waals surface area contributed by atoms with Gasteiger partial charge in [0.05, 0.1) is 11.3 Å². The number of amides is 2. The first-order chi connectivity index (χ1) is 10.9. The molecule has 0 aliphatic carbocycles. The molecule has 0 bridgehead atoms. The zero-order valence-electron chi connectivity index (χ0n) is 12.7. The first-order valence-corrected chi connectivity index (χ1v) is 7.79. The standard InChI is InChI=1S/C17H16Cl2N2O2/c1-10(2)20-17(23)14-7-6-13(19)9-15(14)21-16(22)11-4-3-5-12(18)8-11/h3-10H,1-2H3,(H,20,23)(H,21,22). The Balaban J connectivity index is 2.29. The fraction of sp³-hybridized carbons (Fsp3) is 0.176. The van der Waals surface area contributed by atoms with Crippen LogP contribution in [0.3, 0.4) is 0 Å². The summed E-state index contributed by atoms with van der Waals surface area (Å²) in [6.45, 7) is 3.72. The van der Waals surface area contributed by atoms with Gasteiger partial charge in [0.1, 0.15) is 0 Å². The predicted octanol–water partition coefficient (Wildman–Crippen LogP) is 4.38. The normalized spacial score (nSPS) is 10.5. The monoisotopic (exact) mass is 350 g/mol. The van der Waals surface area contributed by atoms with E-state index < -0.39 is 0 Å². The van der Waals surface area contributed by atoms with Gasteiger partial charge in [0, 0.05) is 21.7 Å². The van der Waals surface area contributed by atoms with Crippen molar-refractivity contribution in [1.82, 2.24) is 5.32 Å². The molecule has 0 aromatic heterocycles. The number of carbonyl (C=O) groups is 2. The minimum atomic E-state index is -0.367. The summed E-state index contributed by atoms with van der Waals surface area (Å²) in [6.07, 6.45) is 0. The van der Waals surface area contributed by atoms with Crippen molar-refractivity contribution in [3.63, 3.8) is 0 Å². The van der Waals surface area contributed by atoms with Crippen molar-refractivity contribution in [1.29, 1.82) is 0 Å². The summed E-state index contributed by atoms with van der Waals surface area (Å²) in [5.74, 6) is -0.647. The van der Waals surface area contributed by atoms with E-state index >= 15 is 0 Å². The number of hydrogen-bond donors (Lipinski definition) is 2. The van der Waals surface area contributed by atoms with E-state index in [2.05, 4.69) is 10.6 Å². The van der Waals surface area contributed by atoms with Gasteiger partial charge in [-0.25, -0.2) is 0 Å². The van der Waals surface area contributed by atoms with Gasteiger partial charge < -0.3 is 10.6 Å². The Kier molecular flexibility index (Phi) is 5.64. The maximum Gasteiger partial charge on any atom is 0.255 e. The smallest absolute Gasteiger partial charge is 0.255 e. The summed E-state index contributed by atoms with van der Waals surface area (Å²) in [5, 5.41) is 6.38. The minimum absolute atomic E-state index is 0.0188. The first kappa shape index (κ1) is 17.3. The highest BCUT2D eigenvalue weighted by Gasteiger charge is 2.15. The van der Waals surface area contributed by atoms with E-state index in [1.165, 1.54) is 0 Å². The van der Waals surface area contributed by atoms with E-state index in [9.17, 15) is 9.59 Å². The SMILES string of the molecule is CC(C)NC(=O)c1ccc(Cl)cc1NC(=O)c1cccc(Cl)c1. The fourth-order valence-electron chi connectivity index (χ4n) is 1.98. The second-order valence-electron chi connectivity index (χ2n) is 5.28. The van der Waals surface area contributed by atoms with Crippen molar-refractivity contribution in [2.24, 2.45) is 0 Å². The maximum atomic E-state index is 12.3. The third-order valence-corrected chi connectivity index (χ3v) is 3.45. The van der Waals surface area contributed by atoms with Gasteiger partial charge in [-0.05, 0) is 50.2 Å². The number of rotatable bonds is 4. The van der Waals surface area contributed by atoms with Crippen LogP contribution in [0.25, 0.3) is 0 Å². The Morgan fingerprint density at radius 1 is 0.957 bits per heavy atom. The van der Waals surface area contributed by atoms with Gasteiger partial charge in [-0.1, -0.05) is 29.3 Å². The molecule has 2 N–H and O–H groups in total. The Morgan fingerprint density at radius 2 is 1.65 bits per heavy atom. The summed E-state index contributed by atoms with van der Waals surface area (Å²) in [4.78, 5) is 24.6. The Morgan fingerprint density at radius 3 is 2.30 bits per heavy atom. The molecule has 6 heteroatoms. The van der Waals surface area contributed by atoms with Crippen LogP contribution in [0.4, 0.5) is 5.69 Å². The van der Waals surface area contributed by atoms with Gasteiger partial charge in [-0.2, -0.15) is 0 Å². The molecule has 0 atom stereocenters.